The molecule has 110 valence electrons. The fourth-order valence-corrected chi connectivity index (χ4v) is 2.70. The zero-order chi connectivity index (χ0) is 15.1. The van der Waals surface area contributed by atoms with Crippen LogP contribution in [0.15, 0.2) is 22.7 Å². The van der Waals surface area contributed by atoms with Crippen LogP contribution in [0.3, 0.4) is 0 Å². The summed E-state index contributed by atoms with van der Waals surface area (Å²) in [5, 5.41) is 2.51. The third kappa shape index (κ3) is 5.54. The Hall–Kier alpha value is -1.01. The predicted molar refractivity (Wildman–Crippen MR) is 86.1 cm³/mol. The largest absolute Gasteiger partial charge is 0.465 e. The molecule has 0 aromatic heterocycles. The van der Waals surface area contributed by atoms with Crippen molar-refractivity contribution in [3.05, 3.63) is 28.2 Å². The first-order valence-corrected chi connectivity index (χ1v) is 8.12. The molecule has 0 aliphatic carbocycles. The Morgan fingerprint density at radius 3 is 2.75 bits per heavy atom. The van der Waals surface area contributed by atoms with Crippen molar-refractivity contribution in [1.82, 2.24) is 0 Å². The normalized spacial score (nSPS) is 11.8. The maximum absolute atomic E-state index is 12.0. The Kier molecular flexibility index (Phi) is 7.09. The van der Waals surface area contributed by atoms with E-state index in [1.165, 1.54) is 11.8 Å². The summed E-state index contributed by atoms with van der Waals surface area (Å²) in [5.74, 6) is -0.255. The van der Waals surface area contributed by atoms with Crippen LogP contribution in [0.4, 0.5) is 5.69 Å². The second-order valence-electron chi connectivity index (χ2n) is 4.23. The summed E-state index contributed by atoms with van der Waals surface area (Å²) in [6, 6.07) is 5.71. The summed E-state index contributed by atoms with van der Waals surface area (Å²) in [5.41, 5.74) is 1.84. The van der Waals surface area contributed by atoms with Crippen LogP contribution < -0.4 is 5.32 Å². The minimum atomic E-state index is -0.326. The van der Waals surface area contributed by atoms with Gasteiger partial charge in [-0.15, -0.1) is 11.8 Å². The van der Waals surface area contributed by atoms with Crippen molar-refractivity contribution < 1.29 is 14.3 Å². The lowest BCUT2D eigenvalue weighted by Crippen LogP contribution is -2.24. The summed E-state index contributed by atoms with van der Waals surface area (Å²) < 4.78 is 5.66. The van der Waals surface area contributed by atoms with Gasteiger partial charge in [-0.2, -0.15) is 0 Å². The molecule has 1 aromatic rings. The van der Waals surface area contributed by atoms with Gasteiger partial charge in [0.1, 0.15) is 0 Å². The highest BCUT2D eigenvalue weighted by Crippen LogP contribution is 2.24. The van der Waals surface area contributed by atoms with Gasteiger partial charge in [0.2, 0.25) is 5.91 Å². The second kappa shape index (κ2) is 8.32. The van der Waals surface area contributed by atoms with E-state index < -0.39 is 0 Å². The van der Waals surface area contributed by atoms with E-state index in [0.717, 1.165) is 15.7 Å². The van der Waals surface area contributed by atoms with E-state index in [2.05, 4.69) is 21.2 Å². The van der Waals surface area contributed by atoms with Gasteiger partial charge in [0.15, 0.2) is 0 Å². The quantitative estimate of drug-likeness (QED) is 0.791. The molecule has 6 heteroatoms. The van der Waals surface area contributed by atoms with E-state index in [0.29, 0.717) is 6.61 Å². The molecule has 0 heterocycles. The van der Waals surface area contributed by atoms with Crippen LogP contribution in [0.1, 0.15) is 19.4 Å². The van der Waals surface area contributed by atoms with Crippen molar-refractivity contribution >= 4 is 45.3 Å². The van der Waals surface area contributed by atoms with E-state index in [1.54, 1.807) is 13.8 Å². The maximum atomic E-state index is 12.0. The molecular weight excluding hydrogens is 342 g/mol. The van der Waals surface area contributed by atoms with E-state index >= 15 is 0 Å². The molecule has 1 atom stereocenters. The first-order chi connectivity index (χ1) is 9.43. The molecule has 20 heavy (non-hydrogen) atoms. The summed E-state index contributed by atoms with van der Waals surface area (Å²) in [7, 11) is 0. The number of rotatable bonds is 6. The number of ether oxygens (including phenoxy) is 1. The van der Waals surface area contributed by atoms with Gasteiger partial charge < -0.3 is 10.1 Å². The molecule has 1 N–H and O–H groups in total. The Morgan fingerprint density at radius 2 is 2.15 bits per heavy atom. The number of amides is 1. The molecule has 4 nitrogen and oxygen atoms in total. The smallest absolute Gasteiger partial charge is 0.315 e. The van der Waals surface area contributed by atoms with Crippen LogP contribution in [0.5, 0.6) is 0 Å². The van der Waals surface area contributed by atoms with Crippen molar-refractivity contribution in [1.29, 1.82) is 0 Å². The molecule has 0 spiro atoms. The lowest BCUT2D eigenvalue weighted by atomic mass is 10.2. The molecular formula is C14H18BrNO3S. The summed E-state index contributed by atoms with van der Waals surface area (Å²) in [6.07, 6.45) is 0. The van der Waals surface area contributed by atoms with Gasteiger partial charge >= 0.3 is 5.97 Å². The van der Waals surface area contributed by atoms with E-state index in [1.807, 2.05) is 25.1 Å². The average Bonchev–Trinajstić information content (AvgIpc) is 2.39. The number of hydrogen-bond acceptors (Lipinski definition) is 4. The highest BCUT2D eigenvalue weighted by Gasteiger charge is 2.16. The standard InChI is InChI=1S/C14H18BrNO3S/c1-4-19-13(17)8-20-10(3)14(18)16-12-6-5-9(2)7-11(12)15/h5-7,10H,4,8H2,1-3H3,(H,16,18). The fourth-order valence-electron chi connectivity index (χ4n) is 1.43. The van der Waals surface area contributed by atoms with Crippen LogP contribution in [0.25, 0.3) is 0 Å². The van der Waals surface area contributed by atoms with Gasteiger partial charge in [-0.3, -0.25) is 9.59 Å². The molecule has 1 unspecified atom stereocenters. The van der Waals surface area contributed by atoms with Crippen molar-refractivity contribution in [3.63, 3.8) is 0 Å². The number of esters is 1. The van der Waals surface area contributed by atoms with Gasteiger partial charge in [0.25, 0.3) is 0 Å². The number of nitrogens with one attached hydrogen (secondary N) is 1. The first kappa shape index (κ1) is 17.0. The highest BCUT2D eigenvalue weighted by molar-refractivity contribution is 9.10. The Labute approximate surface area is 131 Å². The Bertz CT molecular complexity index is 493. The number of anilines is 1. The molecule has 0 radical (unpaired) electrons. The first-order valence-electron chi connectivity index (χ1n) is 6.28. The van der Waals surface area contributed by atoms with Crippen molar-refractivity contribution in [3.8, 4) is 0 Å². The van der Waals surface area contributed by atoms with Crippen LogP contribution in [0, 0.1) is 6.92 Å². The minimum Gasteiger partial charge on any atom is -0.465 e. The number of halogens is 1. The summed E-state index contributed by atoms with van der Waals surface area (Å²) in [6.45, 7) is 5.86. The third-order valence-electron chi connectivity index (χ3n) is 2.51. The van der Waals surface area contributed by atoms with Gasteiger partial charge in [0, 0.05) is 4.47 Å². The Balaban J connectivity index is 2.51. The number of carbonyl (C=O) groups is 2. The molecule has 0 saturated carbocycles. The minimum absolute atomic E-state index is 0.135. The molecule has 0 aliphatic rings. The molecule has 0 bridgehead atoms. The number of aryl methyl sites for hydroxylation is 1. The molecule has 0 saturated heterocycles. The SMILES string of the molecule is CCOC(=O)CSC(C)C(=O)Nc1ccc(C)cc1Br. The summed E-state index contributed by atoms with van der Waals surface area (Å²) in [4.78, 5) is 23.3. The fraction of sp³-hybridized carbons (Fsp3) is 0.429. The van der Waals surface area contributed by atoms with Crippen LogP contribution in [-0.2, 0) is 14.3 Å². The Morgan fingerprint density at radius 1 is 1.45 bits per heavy atom. The van der Waals surface area contributed by atoms with Crippen molar-refractivity contribution in [2.45, 2.75) is 26.0 Å². The maximum Gasteiger partial charge on any atom is 0.315 e. The lowest BCUT2D eigenvalue weighted by molar-refractivity contribution is -0.139. The molecule has 0 aliphatic heterocycles. The monoisotopic (exact) mass is 359 g/mol. The topological polar surface area (TPSA) is 55.4 Å². The second-order valence-corrected chi connectivity index (χ2v) is 6.41. The van der Waals surface area contributed by atoms with Crippen LogP contribution >= 0.6 is 27.7 Å². The van der Waals surface area contributed by atoms with E-state index in [4.69, 9.17) is 4.74 Å². The van der Waals surface area contributed by atoms with E-state index in [-0.39, 0.29) is 22.9 Å². The molecule has 1 aromatic carbocycles. The number of benzene rings is 1. The average molecular weight is 360 g/mol. The zero-order valence-corrected chi connectivity index (χ0v) is 14.1. The third-order valence-corrected chi connectivity index (χ3v) is 4.28. The number of hydrogen-bond donors (Lipinski definition) is 1. The molecule has 1 rings (SSSR count). The summed E-state index contributed by atoms with van der Waals surface area (Å²) >= 11 is 4.67. The van der Waals surface area contributed by atoms with Gasteiger partial charge in [0.05, 0.1) is 23.3 Å². The number of carbonyl (C=O) groups excluding carboxylic acids is 2. The predicted octanol–water partition coefficient (Wildman–Crippen LogP) is 3.38. The molecule has 1 amide bonds. The van der Waals surface area contributed by atoms with Gasteiger partial charge in [-0.05, 0) is 54.4 Å². The van der Waals surface area contributed by atoms with E-state index in [9.17, 15) is 9.59 Å². The zero-order valence-electron chi connectivity index (χ0n) is 11.7. The molecule has 0 fully saturated rings. The van der Waals surface area contributed by atoms with Gasteiger partial charge in [-0.25, -0.2) is 0 Å². The van der Waals surface area contributed by atoms with Crippen molar-refractivity contribution in [2.75, 3.05) is 17.7 Å². The lowest BCUT2D eigenvalue weighted by Gasteiger charge is -2.13. The van der Waals surface area contributed by atoms with Crippen LogP contribution in [0.2, 0.25) is 0 Å². The van der Waals surface area contributed by atoms with Gasteiger partial charge in [-0.1, -0.05) is 6.07 Å². The van der Waals surface area contributed by atoms with Crippen LogP contribution in [-0.4, -0.2) is 29.5 Å². The van der Waals surface area contributed by atoms with Crippen molar-refractivity contribution in [2.24, 2.45) is 0 Å². The highest BCUT2D eigenvalue weighted by atomic mass is 79.9. The number of thioether (sulfide) groups is 1.